The fourth-order valence-corrected chi connectivity index (χ4v) is 3.51. The molecule has 2 aromatic rings. The summed E-state index contributed by atoms with van der Waals surface area (Å²) in [6, 6.07) is 5.50. The van der Waals surface area contributed by atoms with Crippen LogP contribution in [0.15, 0.2) is 18.2 Å². The van der Waals surface area contributed by atoms with E-state index in [0.29, 0.717) is 15.6 Å². The van der Waals surface area contributed by atoms with Crippen LogP contribution in [0.25, 0.3) is 10.1 Å². The number of nitrogens with one attached hydrogen (secondary N) is 2. The Labute approximate surface area is 151 Å². The molecule has 0 atom stereocenters. The second-order valence-electron chi connectivity index (χ2n) is 7.84. The van der Waals surface area contributed by atoms with E-state index in [9.17, 15) is 9.59 Å². The minimum Gasteiger partial charge on any atom is -0.347 e. The van der Waals surface area contributed by atoms with Crippen LogP contribution in [-0.2, 0) is 4.79 Å². The van der Waals surface area contributed by atoms with Gasteiger partial charge in [-0.15, -0.1) is 11.3 Å². The van der Waals surface area contributed by atoms with Crippen LogP contribution in [0, 0.1) is 5.41 Å². The van der Waals surface area contributed by atoms with Gasteiger partial charge in [-0.1, -0.05) is 44.5 Å². The minimum absolute atomic E-state index is 0.0831. The first-order valence-corrected chi connectivity index (χ1v) is 8.94. The molecule has 0 fully saturated rings. The molecule has 130 valence electrons. The van der Waals surface area contributed by atoms with Crippen molar-refractivity contribution < 1.29 is 9.59 Å². The van der Waals surface area contributed by atoms with Gasteiger partial charge in [-0.25, -0.2) is 0 Å². The molecule has 6 heteroatoms. The van der Waals surface area contributed by atoms with Gasteiger partial charge in [0.05, 0.1) is 15.4 Å². The predicted molar refractivity (Wildman–Crippen MR) is 102 cm³/mol. The van der Waals surface area contributed by atoms with Crippen molar-refractivity contribution in [2.75, 3.05) is 5.32 Å². The third-order valence-corrected chi connectivity index (χ3v) is 5.02. The second kappa shape index (κ2) is 6.37. The van der Waals surface area contributed by atoms with Crippen LogP contribution < -0.4 is 10.6 Å². The van der Waals surface area contributed by atoms with E-state index in [1.54, 1.807) is 0 Å². The first-order chi connectivity index (χ1) is 10.9. The molecule has 1 heterocycles. The number of hydrogen-bond donors (Lipinski definition) is 2. The van der Waals surface area contributed by atoms with Gasteiger partial charge in [0.2, 0.25) is 5.91 Å². The number of hydrogen-bond acceptors (Lipinski definition) is 3. The molecule has 4 nitrogen and oxygen atoms in total. The summed E-state index contributed by atoms with van der Waals surface area (Å²) in [7, 11) is 0. The van der Waals surface area contributed by atoms with Gasteiger partial charge in [-0.2, -0.15) is 0 Å². The SMILES string of the molecule is CC(C)(C)NC(=O)c1sc2c(NC(=O)C(C)(C)C)cccc2c1Cl. The van der Waals surface area contributed by atoms with Crippen LogP contribution in [0.2, 0.25) is 5.02 Å². The van der Waals surface area contributed by atoms with Crippen molar-refractivity contribution in [3.8, 4) is 0 Å². The largest absolute Gasteiger partial charge is 0.347 e. The molecule has 2 rings (SSSR count). The Morgan fingerprint density at radius 1 is 1.08 bits per heavy atom. The van der Waals surface area contributed by atoms with E-state index in [-0.39, 0.29) is 17.4 Å². The van der Waals surface area contributed by atoms with Crippen molar-refractivity contribution in [3.05, 3.63) is 28.1 Å². The van der Waals surface area contributed by atoms with Gasteiger partial charge >= 0.3 is 0 Å². The highest BCUT2D eigenvalue weighted by Gasteiger charge is 2.25. The Balaban J connectivity index is 2.46. The number of amides is 2. The predicted octanol–water partition coefficient (Wildman–Crippen LogP) is 5.07. The van der Waals surface area contributed by atoms with Gasteiger partial charge in [0.25, 0.3) is 5.91 Å². The van der Waals surface area contributed by atoms with Gasteiger partial charge in [0.1, 0.15) is 4.88 Å². The van der Waals surface area contributed by atoms with Gasteiger partial charge in [-0.05, 0) is 26.8 Å². The summed E-state index contributed by atoms with van der Waals surface area (Å²) in [6.45, 7) is 11.3. The van der Waals surface area contributed by atoms with Gasteiger partial charge in [0, 0.05) is 16.3 Å². The van der Waals surface area contributed by atoms with E-state index < -0.39 is 5.41 Å². The van der Waals surface area contributed by atoms with Crippen molar-refractivity contribution in [2.24, 2.45) is 5.41 Å². The standard InChI is InChI=1S/C18H23ClN2O2S/c1-17(2,3)16(23)20-11-9-7-8-10-12(19)14(24-13(10)11)15(22)21-18(4,5)6/h7-9H,1-6H3,(H,20,23)(H,21,22). The molecule has 0 bridgehead atoms. The van der Waals surface area contributed by atoms with Crippen LogP contribution in [0.3, 0.4) is 0 Å². The molecule has 0 aliphatic heterocycles. The van der Waals surface area contributed by atoms with Crippen molar-refractivity contribution in [1.29, 1.82) is 0 Å². The Kier molecular flexibility index (Phi) is 4.98. The molecule has 0 spiro atoms. The van der Waals surface area contributed by atoms with Crippen LogP contribution >= 0.6 is 22.9 Å². The van der Waals surface area contributed by atoms with E-state index in [1.165, 1.54) is 11.3 Å². The lowest BCUT2D eigenvalue weighted by molar-refractivity contribution is -0.123. The molecular weight excluding hydrogens is 344 g/mol. The smallest absolute Gasteiger partial charge is 0.263 e. The van der Waals surface area contributed by atoms with Gasteiger partial charge in [0.15, 0.2) is 0 Å². The van der Waals surface area contributed by atoms with E-state index >= 15 is 0 Å². The highest BCUT2D eigenvalue weighted by molar-refractivity contribution is 7.22. The highest BCUT2D eigenvalue weighted by Crippen LogP contribution is 2.39. The summed E-state index contributed by atoms with van der Waals surface area (Å²) in [6.07, 6.45) is 0. The second-order valence-corrected chi connectivity index (χ2v) is 9.23. The fraction of sp³-hybridized carbons (Fsp3) is 0.444. The average molecular weight is 367 g/mol. The van der Waals surface area contributed by atoms with Crippen molar-refractivity contribution in [3.63, 3.8) is 0 Å². The Bertz CT molecular complexity index is 798. The van der Waals surface area contributed by atoms with Crippen molar-refractivity contribution >= 4 is 50.5 Å². The zero-order valence-corrected chi connectivity index (χ0v) is 16.4. The van der Waals surface area contributed by atoms with Crippen molar-refractivity contribution in [1.82, 2.24) is 5.32 Å². The quantitative estimate of drug-likeness (QED) is 0.779. The number of carbonyl (C=O) groups is 2. The molecule has 0 unspecified atom stereocenters. The minimum atomic E-state index is -0.504. The number of thiophene rings is 1. The summed E-state index contributed by atoms with van der Waals surface area (Å²) in [5.74, 6) is -0.290. The number of halogens is 1. The maximum atomic E-state index is 12.5. The molecule has 0 saturated carbocycles. The number of rotatable bonds is 2. The molecule has 1 aromatic carbocycles. The van der Waals surface area contributed by atoms with Gasteiger partial charge < -0.3 is 10.6 Å². The summed E-state index contributed by atoms with van der Waals surface area (Å²) < 4.78 is 0.805. The Morgan fingerprint density at radius 2 is 1.71 bits per heavy atom. The van der Waals surface area contributed by atoms with Crippen LogP contribution in [-0.4, -0.2) is 17.4 Å². The zero-order valence-electron chi connectivity index (χ0n) is 14.8. The third-order valence-electron chi connectivity index (χ3n) is 3.28. The number of carbonyl (C=O) groups excluding carboxylic acids is 2. The normalized spacial score (nSPS) is 12.3. The average Bonchev–Trinajstić information content (AvgIpc) is 2.75. The molecule has 0 radical (unpaired) electrons. The maximum Gasteiger partial charge on any atom is 0.263 e. The first-order valence-electron chi connectivity index (χ1n) is 7.75. The molecule has 24 heavy (non-hydrogen) atoms. The molecule has 2 amide bonds. The van der Waals surface area contributed by atoms with E-state index in [4.69, 9.17) is 11.6 Å². The Morgan fingerprint density at radius 3 is 2.25 bits per heavy atom. The molecule has 1 aromatic heterocycles. The summed E-state index contributed by atoms with van der Waals surface area (Å²) in [5.41, 5.74) is -0.177. The zero-order chi connectivity index (χ0) is 18.3. The maximum absolute atomic E-state index is 12.5. The summed E-state index contributed by atoms with van der Waals surface area (Å²) in [4.78, 5) is 25.2. The monoisotopic (exact) mass is 366 g/mol. The number of benzene rings is 1. The highest BCUT2D eigenvalue weighted by atomic mass is 35.5. The molecule has 0 aliphatic carbocycles. The van der Waals surface area contributed by atoms with E-state index in [2.05, 4.69) is 10.6 Å². The number of anilines is 1. The van der Waals surface area contributed by atoms with E-state index in [1.807, 2.05) is 59.7 Å². The lowest BCUT2D eigenvalue weighted by atomic mass is 9.95. The summed E-state index contributed by atoms with van der Waals surface area (Å²) in [5, 5.41) is 7.05. The molecule has 2 N–H and O–H groups in total. The van der Waals surface area contributed by atoms with Crippen LogP contribution in [0.5, 0.6) is 0 Å². The number of fused-ring (bicyclic) bond motifs is 1. The lowest BCUT2D eigenvalue weighted by Crippen LogP contribution is -2.40. The van der Waals surface area contributed by atoms with Crippen LogP contribution in [0.1, 0.15) is 51.2 Å². The summed E-state index contributed by atoms with van der Waals surface area (Å²) >= 11 is 7.71. The first kappa shape index (κ1) is 18.7. The van der Waals surface area contributed by atoms with E-state index in [0.717, 1.165) is 10.1 Å². The van der Waals surface area contributed by atoms with Crippen molar-refractivity contribution in [2.45, 2.75) is 47.1 Å². The fourth-order valence-electron chi connectivity index (χ4n) is 2.04. The van der Waals surface area contributed by atoms with Crippen LogP contribution in [0.4, 0.5) is 5.69 Å². The molecule has 0 aliphatic rings. The lowest BCUT2D eigenvalue weighted by Gasteiger charge is -2.19. The Hall–Kier alpha value is -1.59. The third kappa shape index (κ3) is 4.08. The van der Waals surface area contributed by atoms with Gasteiger partial charge in [-0.3, -0.25) is 9.59 Å². The molecule has 0 saturated heterocycles. The topological polar surface area (TPSA) is 58.2 Å². The molecular formula is C18H23ClN2O2S.